The average Bonchev–Trinajstić information content (AvgIpc) is 2.17. The molecule has 1 aromatic carbocycles. The molecule has 0 radical (unpaired) electrons. The molecule has 0 fully saturated rings. The maximum Gasteiger partial charge on any atom is 0.516 e. The molecule has 1 rings (SSSR count). The smallest absolute Gasteiger partial charge is 0.160 e. The summed E-state index contributed by atoms with van der Waals surface area (Å²) < 4.78 is 11.2. The van der Waals surface area contributed by atoms with Crippen LogP contribution in [0.25, 0.3) is 0 Å². The van der Waals surface area contributed by atoms with Crippen molar-refractivity contribution in [2.75, 3.05) is 0 Å². The fourth-order valence-corrected chi connectivity index (χ4v) is 1.89. The van der Waals surface area contributed by atoms with Gasteiger partial charge in [-0.25, -0.2) is 0 Å². The number of rotatable bonds is 3. The van der Waals surface area contributed by atoms with Crippen LogP contribution in [0.15, 0.2) is 30.3 Å². The van der Waals surface area contributed by atoms with E-state index in [1.807, 2.05) is 44.2 Å². The van der Waals surface area contributed by atoms with Crippen molar-refractivity contribution in [1.29, 1.82) is 0 Å². The molecule has 0 aliphatic heterocycles. The zero-order valence-electron chi connectivity index (χ0n) is 7.90. The molecule has 0 aliphatic rings. The van der Waals surface area contributed by atoms with Crippen molar-refractivity contribution in [3.05, 3.63) is 35.9 Å². The van der Waals surface area contributed by atoms with Gasteiger partial charge in [-0.2, -0.15) is 4.89 Å². The summed E-state index contributed by atoms with van der Waals surface area (Å²) in [4.78, 5) is 9.23. The summed E-state index contributed by atoms with van der Waals surface area (Å²) in [5.74, 6) is 0. The van der Waals surface area contributed by atoms with E-state index in [9.17, 15) is 9.46 Å². The molecule has 13 heavy (non-hydrogen) atoms. The molecule has 0 saturated carbocycles. The minimum absolute atomic E-state index is 0.601. The predicted octanol–water partition coefficient (Wildman–Crippen LogP) is 3.05. The molecule has 0 amide bonds. The average molecular weight is 197 g/mol. The minimum Gasteiger partial charge on any atom is -0.160 e. The van der Waals surface area contributed by atoms with E-state index in [4.69, 9.17) is 0 Å². The van der Waals surface area contributed by atoms with Gasteiger partial charge in [0.1, 0.15) is 0 Å². The second kappa shape index (κ2) is 3.99. The molecule has 0 aliphatic carbocycles. The molecule has 0 saturated heterocycles. The first-order valence-corrected chi connectivity index (χ1v) is 5.54. The van der Waals surface area contributed by atoms with Crippen molar-refractivity contribution in [3.63, 3.8) is 0 Å². The third kappa shape index (κ3) is 1.96. The van der Waals surface area contributed by atoms with Crippen LogP contribution in [0, 0.1) is 0 Å². The molecule has 1 N–H and O–H groups in total. The predicted molar refractivity (Wildman–Crippen MR) is 53.9 cm³/mol. The van der Waals surface area contributed by atoms with Gasteiger partial charge in [0.05, 0.1) is 0 Å². The largest absolute Gasteiger partial charge is 0.516 e. The summed E-state index contributed by atoms with van der Waals surface area (Å²) in [5, 5.41) is -0.601. The van der Waals surface area contributed by atoms with Crippen LogP contribution in [0.2, 0.25) is 0 Å². The third-order valence-corrected chi connectivity index (χ3v) is 3.93. The number of hydrogen-bond donors (Lipinski definition) is 1. The van der Waals surface area contributed by atoms with Gasteiger partial charge in [0, 0.05) is 12.0 Å². The second-order valence-corrected chi connectivity index (χ2v) is 4.80. The minimum atomic E-state index is -2.17. The van der Waals surface area contributed by atoms with E-state index < -0.39 is 13.2 Å². The topological polar surface area (TPSA) is 37.3 Å². The summed E-state index contributed by atoms with van der Waals surface area (Å²) in [6.07, 6.45) is 0.669. The molecule has 3 heteroatoms. The molecule has 0 bridgehead atoms. The lowest BCUT2D eigenvalue weighted by Crippen LogP contribution is -2.15. The van der Waals surface area contributed by atoms with E-state index in [1.54, 1.807) is 0 Å². The lowest BCUT2D eigenvalue weighted by molar-refractivity contribution is 0.453. The lowest BCUT2D eigenvalue weighted by atomic mass is 9.98. The van der Waals surface area contributed by atoms with Crippen LogP contribution >= 0.6 is 8.03 Å². The van der Waals surface area contributed by atoms with Crippen molar-refractivity contribution in [1.82, 2.24) is 0 Å². The molecular weight excluding hydrogens is 183 g/mol. The van der Waals surface area contributed by atoms with E-state index in [2.05, 4.69) is 0 Å². The Kier molecular flexibility index (Phi) is 3.18. The fraction of sp³-hybridized carbons (Fsp3) is 0.400. The van der Waals surface area contributed by atoms with Crippen LogP contribution < -0.4 is 0 Å². The van der Waals surface area contributed by atoms with E-state index in [0.717, 1.165) is 5.56 Å². The van der Waals surface area contributed by atoms with Crippen molar-refractivity contribution >= 4 is 8.03 Å². The van der Waals surface area contributed by atoms with Gasteiger partial charge in [0.25, 0.3) is 0 Å². The molecule has 2 atom stereocenters. The highest BCUT2D eigenvalue weighted by Crippen LogP contribution is 2.46. The Bertz CT molecular complexity index is 297. The van der Waals surface area contributed by atoms with Crippen LogP contribution in [0.3, 0.4) is 0 Å². The number of benzene rings is 1. The SMILES string of the molecule is CCC(C)(c1ccccc1)[P+](=O)O. The Labute approximate surface area is 79.5 Å². The maximum absolute atomic E-state index is 11.2. The zero-order chi connectivity index (χ0) is 9.90. The molecule has 0 aromatic heterocycles. The monoisotopic (exact) mass is 197 g/mol. The normalized spacial score (nSPS) is 16.4. The van der Waals surface area contributed by atoms with E-state index >= 15 is 0 Å². The first-order chi connectivity index (χ1) is 6.11. The van der Waals surface area contributed by atoms with Crippen LogP contribution in [0.4, 0.5) is 0 Å². The van der Waals surface area contributed by atoms with Crippen molar-refractivity contribution in [3.8, 4) is 0 Å². The quantitative estimate of drug-likeness (QED) is 0.756. The Hall–Kier alpha value is -0.720. The van der Waals surface area contributed by atoms with Gasteiger partial charge in [0.2, 0.25) is 5.16 Å². The Morgan fingerprint density at radius 3 is 2.31 bits per heavy atom. The summed E-state index contributed by atoms with van der Waals surface area (Å²) >= 11 is 0. The van der Waals surface area contributed by atoms with Gasteiger partial charge in [0.15, 0.2) is 0 Å². The van der Waals surface area contributed by atoms with Crippen LogP contribution in [-0.4, -0.2) is 4.89 Å². The molecule has 70 valence electrons. The zero-order valence-corrected chi connectivity index (χ0v) is 8.79. The summed E-state index contributed by atoms with van der Waals surface area (Å²) in [7, 11) is -2.17. The highest BCUT2D eigenvalue weighted by Gasteiger charge is 2.44. The number of hydrogen-bond acceptors (Lipinski definition) is 1. The molecule has 0 heterocycles. The third-order valence-electron chi connectivity index (χ3n) is 2.51. The summed E-state index contributed by atoms with van der Waals surface area (Å²) in [6, 6.07) is 9.48. The van der Waals surface area contributed by atoms with Crippen LogP contribution in [0.1, 0.15) is 25.8 Å². The second-order valence-electron chi connectivity index (χ2n) is 3.27. The molecule has 0 spiro atoms. The highest BCUT2D eigenvalue weighted by molar-refractivity contribution is 7.39. The van der Waals surface area contributed by atoms with Crippen molar-refractivity contribution < 1.29 is 9.46 Å². The van der Waals surface area contributed by atoms with E-state index in [-0.39, 0.29) is 0 Å². The van der Waals surface area contributed by atoms with Crippen LogP contribution in [0.5, 0.6) is 0 Å². The first-order valence-electron chi connectivity index (χ1n) is 4.33. The highest BCUT2D eigenvalue weighted by atomic mass is 31.1. The maximum atomic E-state index is 11.2. The Morgan fingerprint density at radius 2 is 1.92 bits per heavy atom. The van der Waals surface area contributed by atoms with Gasteiger partial charge in [-0.05, 0) is 11.5 Å². The van der Waals surface area contributed by atoms with Gasteiger partial charge in [-0.15, -0.1) is 0 Å². The summed E-state index contributed by atoms with van der Waals surface area (Å²) in [6.45, 7) is 3.75. The van der Waals surface area contributed by atoms with E-state index in [1.165, 1.54) is 0 Å². The van der Waals surface area contributed by atoms with Crippen molar-refractivity contribution in [2.45, 2.75) is 25.4 Å². The Balaban J connectivity index is 3.11. The Morgan fingerprint density at radius 1 is 1.38 bits per heavy atom. The van der Waals surface area contributed by atoms with Gasteiger partial charge in [-0.3, -0.25) is 0 Å². The lowest BCUT2D eigenvalue weighted by Gasteiger charge is -2.14. The first kappa shape index (κ1) is 10.4. The molecule has 2 unspecified atom stereocenters. The standard InChI is InChI=1S/C10H13O2P/c1-3-10(2,13(11)12)9-7-5-4-6-8-9/h4-8H,3H2,1-2H3/p+1. The summed E-state index contributed by atoms with van der Waals surface area (Å²) in [5.41, 5.74) is 0.932. The van der Waals surface area contributed by atoms with Gasteiger partial charge < -0.3 is 0 Å². The van der Waals surface area contributed by atoms with E-state index in [0.29, 0.717) is 6.42 Å². The van der Waals surface area contributed by atoms with Crippen LogP contribution in [-0.2, 0) is 9.72 Å². The van der Waals surface area contributed by atoms with Gasteiger partial charge in [-0.1, -0.05) is 37.3 Å². The van der Waals surface area contributed by atoms with Gasteiger partial charge >= 0.3 is 8.03 Å². The molecule has 2 nitrogen and oxygen atoms in total. The fourth-order valence-electron chi connectivity index (χ4n) is 1.25. The van der Waals surface area contributed by atoms with Crippen molar-refractivity contribution in [2.24, 2.45) is 0 Å². The molecular formula is C10H14O2P+. The molecule has 1 aromatic rings.